The van der Waals surface area contributed by atoms with E-state index in [9.17, 15) is 9.18 Å². The Labute approximate surface area is 154 Å². The van der Waals surface area contributed by atoms with E-state index in [0.717, 1.165) is 40.9 Å². The van der Waals surface area contributed by atoms with E-state index >= 15 is 0 Å². The number of rotatable bonds is 5. The zero-order valence-electron chi connectivity index (χ0n) is 14.5. The van der Waals surface area contributed by atoms with Crippen molar-refractivity contribution in [2.45, 2.75) is 32.4 Å². The molecular weight excluding hydrogens is 353 g/mol. The largest absolute Gasteiger partial charge is 0.376 e. The third-order valence-electron chi connectivity index (χ3n) is 4.59. The van der Waals surface area contributed by atoms with Crippen molar-refractivity contribution in [2.75, 3.05) is 13.2 Å². The molecule has 1 fully saturated rings. The van der Waals surface area contributed by atoms with Crippen molar-refractivity contribution in [3.63, 3.8) is 0 Å². The Hall–Kier alpha value is -2.25. The number of hydrogen-bond acceptors (Lipinski definition) is 4. The van der Waals surface area contributed by atoms with Crippen LogP contribution < -0.4 is 5.32 Å². The second-order valence-corrected chi connectivity index (χ2v) is 7.57. The van der Waals surface area contributed by atoms with E-state index in [1.807, 2.05) is 17.7 Å². The summed E-state index contributed by atoms with van der Waals surface area (Å²) in [6.45, 7) is 3.81. The Morgan fingerprint density at radius 1 is 1.42 bits per heavy atom. The van der Waals surface area contributed by atoms with E-state index < -0.39 is 0 Å². The van der Waals surface area contributed by atoms with Crippen LogP contribution in [0.25, 0.3) is 10.2 Å². The highest BCUT2D eigenvalue weighted by Gasteiger charge is 2.19. The minimum Gasteiger partial charge on any atom is -0.376 e. The minimum absolute atomic E-state index is 0.0746. The molecule has 0 radical (unpaired) electrons. The maximum atomic E-state index is 13.1. The maximum Gasteiger partial charge on any atom is 0.261 e. The fourth-order valence-corrected chi connectivity index (χ4v) is 4.27. The summed E-state index contributed by atoms with van der Waals surface area (Å²) in [5.41, 5.74) is 1.85. The van der Waals surface area contributed by atoms with Gasteiger partial charge in [-0.25, -0.2) is 4.39 Å². The quantitative estimate of drug-likeness (QED) is 0.745. The SMILES string of the molecule is Cc1nn(Cc2ccc(F)cc2)c2sc(C(=O)NC[C@@H]3CCCO3)cc12. The third kappa shape index (κ3) is 3.50. The highest BCUT2D eigenvalue weighted by molar-refractivity contribution is 7.20. The Kier molecular flexibility index (Phi) is 4.74. The van der Waals surface area contributed by atoms with Crippen LogP contribution >= 0.6 is 11.3 Å². The van der Waals surface area contributed by atoms with Crippen LogP contribution in [0.3, 0.4) is 0 Å². The summed E-state index contributed by atoms with van der Waals surface area (Å²) in [6.07, 6.45) is 2.18. The van der Waals surface area contributed by atoms with Gasteiger partial charge in [0.15, 0.2) is 0 Å². The first-order valence-electron chi connectivity index (χ1n) is 8.71. The molecule has 0 bridgehead atoms. The lowest BCUT2D eigenvalue weighted by Gasteiger charge is -2.09. The predicted molar refractivity (Wildman–Crippen MR) is 99.2 cm³/mol. The number of amides is 1. The lowest BCUT2D eigenvalue weighted by Crippen LogP contribution is -2.31. The van der Waals surface area contributed by atoms with Crippen LogP contribution in [-0.4, -0.2) is 34.9 Å². The third-order valence-corrected chi connectivity index (χ3v) is 5.74. The Bertz CT molecular complexity index is 926. The highest BCUT2D eigenvalue weighted by atomic mass is 32.1. The van der Waals surface area contributed by atoms with Crippen LogP contribution in [0, 0.1) is 12.7 Å². The number of nitrogens with zero attached hydrogens (tertiary/aromatic N) is 2. The lowest BCUT2D eigenvalue weighted by molar-refractivity contribution is 0.0861. The van der Waals surface area contributed by atoms with Gasteiger partial charge in [0.2, 0.25) is 0 Å². The molecule has 3 aromatic rings. The number of carbonyl (C=O) groups is 1. The van der Waals surface area contributed by atoms with Crippen LogP contribution in [0.4, 0.5) is 4.39 Å². The van der Waals surface area contributed by atoms with Crippen LogP contribution in [0.5, 0.6) is 0 Å². The molecule has 3 heterocycles. The van der Waals surface area contributed by atoms with E-state index in [0.29, 0.717) is 18.0 Å². The number of aryl methyl sites for hydroxylation is 1. The summed E-state index contributed by atoms with van der Waals surface area (Å²) in [7, 11) is 0. The van der Waals surface area contributed by atoms with Crippen molar-refractivity contribution in [3.8, 4) is 0 Å². The average molecular weight is 373 g/mol. The van der Waals surface area contributed by atoms with Gasteiger partial charge in [0.1, 0.15) is 10.6 Å². The summed E-state index contributed by atoms with van der Waals surface area (Å²) in [5, 5.41) is 8.51. The summed E-state index contributed by atoms with van der Waals surface area (Å²) >= 11 is 1.43. The number of hydrogen-bond donors (Lipinski definition) is 1. The molecule has 7 heteroatoms. The van der Waals surface area contributed by atoms with Crippen molar-refractivity contribution < 1.29 is 13.9 Å². The van der Waals surface area contributed by atoms with E-state index in [4.69, 9.17) is 4.74 Å². The molecule has 0 aliphatic carbocycles. The fraction of sp³-hybridized carbons (Fsp3) is 0.368. The molecule has 1 saturated heterocycles. The zero-order valence-corrected chi connectivity index (χ0v) is 15.3. The second kappa shape index (κ2) is 7.17. The van der Waals surface area contributed by atoms with Crippen LogP contribution in [0.2, 0.25) is 0 Å². The monoisotopic (exact) mass is 373 g/mol. The van der Waals surface area contributed by atoms with Crippen molar-refractivity contribution in [2.24, 2.45) is 0 Å². The number of thiophene rings is 1. The van der Waals surface area contributed by atoms with Gasteiger partial charge in [-0.05, 0) is 43.5 Å². The number of ether oxygens (including phenoxy) is 1. The lowest BCUT2D eigenvalue weighted by atomic mass is 10.2. The molecule has 1 aromatic carbocycles. The number of carbonyl (C=O) groups excluding carboxylic acids is 1. The van der Waals surface area contributed by atoms with Crippen LogP contribution in [0.15, 0.2) is 30.3 Å². The number of halogens is 1. The molecule has 0 unspecified atom stereocenters. The van der Waals surface area contributed by atoms with E-state index in [2.05, 4.69) is 10.4 Å². The summed E-state index contributed by atoms with van der Waals surface area (Å²) in [6, 6.07) is 8.29. The predicted octanol–water partition coefficient (Wildman–Crippen LogP) is 3.50. The van der Waals surface area contributed by atoms with Crippen molar-refractivity contribution in [1.82, 2.24) is 15.1 Å². The molecule has 1 aliphatic rings. The minimum atomic E-state index is -0.253. The van der Waals surface area contributed by atoms with Crippen LogP contribution in [-0.2, 0) is 11.3 Å². The molecule has 4 rings (SSSR count). The molecule has 26 heavy (non-hydrogen) atoms. The first-order valence-corrected chi connectivity index (χ1v) is 9.53. The van der Waals surface area contributed by atoms with Crippen molar-refractivity contribution in [3.05, 3.63) is 52.3 Å². The van der Waals surface area contributed by atoms with Gasteiger partial charge in [0, 0.05) is 18.5 Å². The second-order valence-electron chi connectivity index (χ2n) is 6.54. The summed E-state index contributed by atoms with van der Waals surface area (Å²) in [5.74, 6) is -0.328. The Morgan fingerprint density at radius 3 is 2.96 bits per heavy atom. The molecule has 1 N–H and O–H groups in total. The number of fused-ring (bicyclic) bond motifs is 1. The topological polar surface area (TPSA) is 56.2 Å². The zero-order chi connectivity index (χ0) is 18.1. The van der Waals surface area contributed by atoms with Gasteiger partial charge in [-0.3, -0.25) is 9.48 Å². The Balaban J connectivity index is 1.52. The molecule has 1 amide bonds. The standard InChI is InChI=1S/C19H20FN3O2S/c1-12-16-9-17(18(24)21-10-15-3-2-8-25-15)26-19(16)23(22-12)11-13-4-6-14(20)7-5-13/h4-7,9,15H,2-3,8,10-11H2,1H3,(H,21,24)/t15-/m0/s1. The van der Waals surface area contributed by atoms with Gasteiger partial charge >= 0.3 is 0 Å². The van der Waals surface area contributed by atoms with Gasteiger partial charge in [0.05, 0.1) is 23.2 Å². The van der Waals surface area contributed by atoms with Crippen LogP contribution in [0.1, 0.15) is 33.8 Å². The molecule has 0 spiro atoms. The fourth-order valence-electron chi connectivity index (χ4n) is 3.19. The summed E-state index contributed by atoms with van der Waals surface area (Å²) in [4.78, 5) is 14.1. The molecule has 1 aliphatic heterocycles. The number of nitrogens with one attached hydrogen (secondary N) is 1. The van der Waals surface area contributed by atoms with E-state index in [1.54, 1.807) is 12.1 Å². The number of aromatic nitrogens is 2. The molecule has 5 nitrogen and oxygen atoms in total. The van der Waals surface area contributed by atoms with E-state index in [1.165, 1.54) is 23.5 Å². The first kappa shape index (κ1) is 17.2. The van der Waals surface area contributed by atoms with Gasteiger partial charge in [0.25, 0.3) is 5.91 Å². The van der Waals surface area contributed by atoms with Crippen molar-refractivity contribution >= 4 is 27.5 Å². The van der Waals surface area contributed by atoms with Crippen molar-refractivity contribution in [1.29, 1.82) is 0 Å². The number of benzene rings is 1. The summed E-state index contributed by atoms with van der Waals surface area (Å²) < 4.78 is 20.5. The van der Waals surface area contributed by atoms with E-state index in [-0.39, 0.29) is 17.8 Å². The van der Waals surface area contributed by atoms with Gasteiger partial charge in [-0.1, -0.05) is 12.1 Å². The molecular formula is C19H20FN3O2S. The smallest absolute Gasteiger partial charge is 0.261 e. The molecule has 2 aromatic heterocycles. The maximum absolute atomic E-state index is 13.1. The normalized spacial score (nSPS) is 17.1. The highest BCUT2D eigenvalue weighted by Crippen LogP contribution is 2.29. The average Bonchev–Trinajstić information content (AvgIpc) is 3.35. The molecule has 136 valence electrons. The van der Waals surface area contributed by atoms with Gasteiger partial charge in [-0.2, -0.15) is 5.10 Å². The molecule has 0 saturated carbocycles. The van der Waals surface area contributed by atoms with Gasteiger partial charge in [-0.15, -0.1) is 11.3 Å². The van der Waals surface area contributed by atoms with Gasteiger partial charge < -0.3 is 10.1 Å². The first-order chi connectivity index (χ1) is 12.6. The Morgan fingerprint density at radius 2 is 2.23 bits per heavy atom. The molecule has 1 atom stereocenters.